The van der Waals surface area contributed by atoms with Crippen molar-refractivity contribution in [3.63, 3.8) is 0 Å². The van der Waals surface area contributed by atoms with E-state index < -0.39 is 35.9 Å². The van der Waals surface area contributed by atoms with Gasteiger partial charge < -0.3 is 19.5 Å². The highest BCUT2D eigenvalue weighted by molar-refractivity contribution is 6.03. The van der Waals surface area contributed by atoms with E-state index in [-0.39, 0.29) is 57.6 Å². The number of aromatic nitrogens is 3. The Bertz CT molecular complexity index is 1850. The second-order valence-corrected chi connectivity index (χ2v) is 10.9. The van der Waals surface area contributed by atoms with Gasteiger partial charge in [-0.25, -0.2) is 13.2 Å². The first-order valence-electron chi connectivity index (χ1n) is 14.8. The first kappa shape index (κ1) is 24.5. The van der Waals surface area contributed by atoms with E-state index in [1.165, 1.54) is 30.5 Å². The number of benzene rings is 2. The highest BCUT2D eigenvalue weighted by atomic mass is 19.1. The molecule has 0 unspecified atom stereocenters. The van der Waals surface area contributed by atoms with Gasteiger partial charge in [0, 0.05) is 43.2 Å². The minimum absolute atomic E-state index is 0.0367. The second-order valence-electron chi connectivity index (χ2n) is 10.9. The maximum Gasteiger partial charge on any atom is 0.319 e. The van der Waals surface area contributed by atoms with Crippen molar-refractivity contribution in [3.8, 4) is 35.4 Å². The lowest BCUT2D eigenvalue weighted by Gasteiger charge is -2.31. The van der Waals surface area contributed by atoms with Crippen molar-refractivity contribution in [3.05, 3.63) is 47.7 Å². The van der Waals surface area contributed by atoms with Gasteiger partial charge in [-0.2, -0.15) is 9.97 Å². The normalized spacial score (nSPS) is 23.6. The summed E-state index contributed by atoms with van der Waals surface area (Å²) in [6, 6.07) is 4.82. The molecule has 1 N–H and O–H groups in total. The molecule has 0 amide bonds. The first-order valence-corrected chi connectivity index (χ1v) is 13.8. The van der Waals surface area contributed by atoms with Crippen molar-refractivity contribution in [2.45, 2.75) is 31.0 Å². The summed E-state index contributed by atoms with van der Waals surface area (Å²) in [4.78, 5) is 16.8. The SMILES string of the molecule is [2H]C([2H])(Oc1nc(N2CCOCC2)c2cnc(-c3cc(O)cc4ccc(F)c(C#C)c34)c(F)c2n1)[C@@]12CCCN1C[C@H](F)C2. The second kappa shape index (κ2) is 10.3. The minimum atomic E-state index is -2.40. The molecular weight excluding hydrogens is 547 g/mol. The fraction of sp³-hybridized carbons (Fsp3) is 0.387. The van der Waals surface area contributed by atoms with E-state index in [1.54, 1.807) is 4.90 Å². The molecule has 2 aromatic carbocycles. The van der Waals surface area contributed by atoms with Crippen LogP contribution in [0, 0.1) is 24.0 Å². The van der Waals surface area contributed by atoms with Crippen molar-refractivity contribution < 1.29 is 30.5 Å². The zero-order valence-corrected chi connectivity index (χ0v) is 22.5. The Kier molecular flexibility index (Phi) is 5.99. The van der Waals surface area contributed by atoms with Crippen molar-refractivity contribution in [2.75, 3.05) is 50.9 Å². The molecule has 8 nitrogen and oxygen atoms in total. The summed E-state index contributed by atoms with van der Waals surface area (Å²) in [6.45, 7) is -0.112. The summed E-state index contributed by atoms with van der Waals surface area (Å²) >= 11 is 0. The maximum absolute atomic E-state index is 16.6. The fourth-order valence-electron chi connectivity index (χ4n) is 6.42. The fourth-order valence-corrected chi connectivity index (χ4v) is 6.42. The molecule has 11 heteroatoms. The molecule has 0 spiro atoms. The quantitative estimate of drug-likeness (QED) is 0.345. The smallest absolute Gasteiger partial charge is 0.319 e. The van der Waals surface area contributed by atoms with Crippen LogP contribution in [0.25, 0.3) is 32.9 Å². The van der Waals surface area contributed by atoms with E-state index in [4.69, 9.17) is 18.6 Å². The Morgan fingerprint density at radius 3 is 2.86 bits per heavy atom. The van der Waals surface area contributed by atoms with Crippen LogP contribution < -0.4 is 9.64 Å². The third-order valence-electron chi connectivity index (χ3n) is 8.34. The molecule has 0 radical (unpaired) electrons. The van der Waals surface area contributed by atoms with Crippen LogP contribution in [0.2, 0.25) is 0 Å². The molecule has 5 heterocycles. The zero-order valence-electron chi connectivity index (χ0n) is 24.5. The Labute approximate surface area is 242 Å². The Hall–Kier alpha value is -4.14. The van der Waals surface area contributed by atoms with Crippen LogP contribution in [0.3, 0.4) is 0 Å². The van der Waals surface area contributed by atoms with Gasteiger partial charge in [0.15, 0.2) is 5.82 Å². The van der Waals surface area contributed by atoms with E-state index in [1.807, 2.05) is 4.90 Å². The number of hydrogen-bond donors (Lipinski definition) is 1. The predicted octanol–water partition coefficient (Wildman–Crippen LogP) is 4.60. The molecule has 2 aromatic heterocycles. The lowest BCUT2D eigenvalue weighted by Crippen LogP contribution is -2.43. The summed E-state index contributed by atoms with van der Waals surface area (Å²) in [5, 5.41) is 11.3. The van der Waals surface area contributed by atoms with Crippen molar-refractivity contribution in [1.82, 2.24) is 19.9 Å². The number of nitrogens with zero attached hydrogens (tertiary/aromatic N) is 5. The molecule has 0 saturated carbocycles. The number of fused-ring (bicyclic) bond motifs is 3. The molecule has 216 valence electrons. The highest BCUT2D eigenvalue weighted by Crippen LogP contribution is 2.41. The van der Waals surface area contributed by atoms with E-state index in [2.05, 4.69) is 20.9 Å². The van der Waals surface area contributed by atoms with Gasteiger partial charge in [-0.1, -0.05) is 12.0 Å². The number of rotatable bonds is 5. The van der Waals surface area contributed by atoms with Gasteiger partial charge in [-0.15, -0.1) is 6.42 Å². The van der Waals surface area contributed by atoms with Crippen LogP contribution in [0.4, 0.5) is 19.0 Å². The number of terminal acetylenes is 1. The highest BCUT2D eigenvalue weighted by Gasteiger charge is 2.49. The number of hydrogen-bond acceptors (Lipinski definition) is 8. The average molecular weight is 578 g/mol. The third kappa shape index (κ3) is 4.37. The number of anilines is 1. The van der Waals surface area contributed by atoms with Crippen molar-refractivity contribution in [2.24, 2.45) is 0 Å². The largest absolute Gasteiger partial charge is 0.508 e. The number of ether oxygens (including phenoxy) is 2. The number of aromatic hydroxyl groups is 1. The van der Waals surface area contributed by atoms with Crippen LogP contribution in [-0.4, -0.2) is 82.6 Å². The molecule has 0 aliphatic carbocycles. The number of alkyl halides is 1. The van der Waals surface area contributed by atoms with Gasteiger partial charge in [-0.05, 0) is 43.0 Å². The van der Waals surface area contributed by atoms with Gasteiger partial charge in [0.05, 0.1) is 32.4 Å². The summed E-state index contributed by atoms with van der Waals surface area (Å²) in [5.74, 6) is 0.769. The van der Waals surface area contributed by atoms with Crippen LogP contribution in [0.5, 0.6) is 11.8 Å². The zero-order chi connectivity index (χ0) is 30.8. The predicted molar refractivity (Wildman–Crippen MR) is 151 cm³/mol. The van der Waals surface area contributed by atoms with Gasteiger partial charge in [0.2, 0.25) is 0 Å². The van der Waals surface area contributed by atoms with Crippen LogP contribution in [0.1, 0.15) is 27.6 Å². The summed E-state index contributed by atoms with van der Waals surface area (Å²) in [5.41, 5.74) is -1.74. The third-order valence-corrected chi connectivity index (χ3v) is 8.34. The number of phenols is 1. The molecule has 3 fully saturated rings. The lowest BCUT2D eigenvalue weighted by molar-refractivity contribution is 0.107. The summed E-state index contributed by atoms with van der Waals surface area (Å²) in [6.07, 6.45) is 6.85. The number of morpholine rings is 1. The molecule has 4 aromatic rings. The lowest BCUT2D eigenvalue weighted by atomic mass is 9.95. The summed E-state index contributed by atoms with van der Waals surface area (Å²) in [7, 11) is 0. The van der Waals surface area contributed by atoms with E-state index in [0.29, 0.717) is 51.1 Å². The molecule has 3 saturated heterocycles. The van der Waals surface area contributed by atoms with Gasteiger partial charge in [0.25, 0.3) is 0 Å². The molecule has 3 aliphatic heterocycles. The first-order chi connectivity index (χ1) is 21.1. The van der Waals surface area contributed by atoms with Crippen LogP contribution in [-0.2, 0) is 4.74 Å². The Morgan fingerprint density at radius 2 is 2.05 bits per heavy atom. The van der Waals surface area contributed by atoms with Crippen LogP contribution >= 0.6 is 0 Å². The Morgan fingerprint density at radius 1 is 1.21 bits per heavy atom. The van der Waals surface area contributed by atoms with Crippen molar-refractivity contribution >= 4 is 27.5 Å². The van der Waals surface area contributed by atoms with E-state index >= 15 is 4.39 Å². The average Bonchev–Trinajstić information content (AvgIpc) is 3.55. The molecular formula is C31H28F3N5O3. The monoisotopic (exact) mass is 577 g/mol. The minimum Gasteiger partial charge on any atom is -0.508 e. The van der Waals surface area contributed by atoms with Crippen molar-refractivity contribution in [1.29, 1.82) is 0 Å². The standard InChI is InChI=1S/C31H28F3N5O3/c1-2-21-24(33)5-4-18-12-20(40)13-22(25(18)21)27-26(34)28-23(15-35-27)29(38-8-10-41-11-9-38)37-30(36-28)42-17-31-6-3-7-39(31)16-19(32)14-31/h1,4-5,12-13,15,19,40H,3,6-11,14,16-17H2/t19-,31+/m1/s1/i17D2. The van der Waals surface area contributed by atoms with Gasteiger partial charge in [0.1, 0.15) is 41.3 Å². The Balaban J connectivity index is 1.42. The maximum atomic E-state index is 16.6. The van der Waals surface area contributed by atoms with Crippen LogP contribution in [0.15, 0.2) is 30.5 Å². The van der Waals surface area contributed by atoms with E-state index in [0.717, 1.165) is 0 Å². The number of pyridine rings is 1. The summed E-state index contributed by atoms with van der Waals surface area (Å²) < 4.78 is 75.1. The molecule has 2 atom stereocenters. The van der Waals surface area contributed by atoms with Gasteiger partial charge in [-0.3, -0.25) is 9.88 Å². The molecule has 3 aliphatic rings. The number of phenolic OH excluding ortho intramolecular Hbond substituents is 1. The number of halogens is 3. The van der Waals surface area contributed by atoms with E-state index in [9.17, 15) is 13.9 Å². The molecule has 0 bridgehead atoms. The molecule has 42 heavy (non-hydrogen) atoms. The molecule has 7 rings (SSSR count). The topological polar surface area (TPSA) is 83.8 Å². The van der Waals surface area contributed by atoms with Gasteiger partial charge >= 0.3 is 6.01 Å².